The van der Waals surface area contributed by atoms with Crippen LogP contribution in [0.1, 0.15) is 35.0 Å². The molecule has 3 rings (SSSR count). The largest absolute Gasteiger partial charge is 0.507 e. The highest BCUT2D eigenvalue weighted by Gasteiger charge is 2.47. The highest BCUT2D eigenvalue weighted by atomic mass is 16.5. The van der Waals surface area contributed by atoms with E-state index in [1.807, 2.05) is 44.1 Å². The lowest BCUT2D eigenvalue weighted by Crippen LogP contribution is -2.32. The first kappa shape index (κ1) is 22.6. The van der Waals surface area contributed by atoms with Gasteiger partial charge in [0.15, 0.2) is 0 Å². The quantitative estimate of drug-likeness (QED) is 0.416. The number of carbonyl (C=O) groups excluding carboxylic acids is 2. The van der Waals surface area contributed by atoms with E-state index in [0.29, 0.717) is 41.2 Å². The fraction of sp³-hybridized carbons (Fsp3) is 0.435. The molecule has 0 aliphatic carbocycles. The number of rotatable bonds is 7. The zero-order valence-corrected chi connectivity index (χ0v) is 19.0. The summed E-state index contributed by atoms with van der Waals surface area (Å²) in [6.45, 7) is 4.74. The molecule has 1 aliphatic heterocycles. The van der Waals surface area contributed by atoms with Crippen LogP contribution < -0.4 is 4.74 Å². The van der Waals surface area contributed by atoms with Gasteiger partial charge in [-0.3, -0.25) is 14.3 Å². The number of aliphatic hydroxyl groups is 1. The average molecular weight is 427 g/mol. The van der Waals surface area contributed by atoms with Crippen molar-refractivity contribution < 1.29 is 19.4 Å². The summed E-state index contributed by atoms with van der Waals surface area (Å²) in [7, 11) is 7.24. The van der Waals surface area contributed by atoms with Crippen molar-refractivity contribution in [3.05, 3.63) is 52.4 Å². The summed E-state index contributed by atoms with van der Waals surface area (Å²) in [6, 6.07) is 6.53. The Kier molecular flexibility index (Phi) is 6.50. The molecule has 0 bridgehead atoms. The van der Waals surface area contributed by atoms with Crippen LogP contribution in [0.5, 0.6) is 5.75 Å². The van der Waals surface area contributed by atoms with Crippen molar-refractivity contribution in [2.24, 2.45) is 7.05 Å². The van der Waals surface area contributed by atoms with Gasteiger partial charge in [-0.1, -0.05) is 18.2 Å². The first-order valence-corrected chi connectivity index (χ1v) is 10.3. The molecule has 1 N–H and O–H groups in total. The number of ketones is 1. The number of aliphatic hydroxyl groups excluding tert-OH is 1. The third kappa shape index (κ3) is 4.07. The average Bonchev–Trinajstić information content (AvgIpc) is 3.13. The van der Waals surface area contributed by atoms with Crippen molar-refractivity contribution in [3.63, 3.8) is 0 Å². The predicted octanol–water partition coefficient (Wildman–Crippen LogP) is 2.42. The molecule has 2 aromatic rings. The SMILES string of the molecule is COc1ccccc1[C@@H]1/C(=C(\O)c2c(C)nn(C)c2C)C(=O)C(=O)N1CCCN(C)C. The third-order valence-electron chi connectivity index (χ3n) is 5.72. The Bertz CT molecular complexity index is 1040. The van der Waals surface area contributed by atoms with Gasteiger partial charge in [-0.2, -0.15) is 5.10 Å². The number of hydrogen-bond donors (Lipinski definition) is 1. The Hall–Kier alpha value is -3.13. The van der Waals surface area contributed by atoms with Crippen molar-refractivity contribution >= 4 is 17.4 Å². The zero-order valence-electron chi connectivity index (χ0n) is 19.0. The molecule has 8 heteroatoms. The summed E-state index contributed by atoms with van der Waals surface area (Å²) in [4.78, 5) is 29.8. The van der Waals surface area contributed by atoms with Crippen molar-refractivity contribution in [1.29, 1.82) is 0 Å². The second-order valence-electron chi connectivity index (χ2n) is 8.06. The standard InChI is InChI=1S/C23H30N4O4/c1-14-18(15(2)26(5)24-14)21(28)19-20(16-10-7-8-11-17(16)31-6)27(23(30)22(19)29)13-9-12-25(3)4/h7-8,10-11,20,28H,9,12-13H2,1-6H3/b21-19+/t20-/m1/s1. The third-order valence-corrected chi connectivity index (χ3v) is 5.72. The molecule has 31 heavy (non-hydrogen) atoms. The lowest BCUT2D eigenvalue weighted by atomic mass is 9.94. The van der Waals surface area contributed by atoms with E-state index >= 15 is 0 Å². The molecule has 1 aromatic carbocycles. The van der Waals surface area contributed by atoms with Crippen LogP contribution in [0.2, 0.25) is 0 Å². The topological polar surface area (TPSA) is 87.9 Å². The fourth-order valence-electron chi connectivity index (χ4n) is 4.13. The maximum Gasteiger partial charge on any atom is 0.295 e. The van der Waals surface area contributed by atoms with Crippen LogP contribution in [-0.4, -0.2) is 70.7 Å². The molecule has 8 nitrogen and oxygen atoms in total. The summed E-state index contributed by atoms with van der Waals surface area (Å²) in [6.07, 6.45) is 0.691. The van der Waals surface area contributed by atoms with Crippen LogP contribution in [0.15, 0.2) is 29.8 Å². The van der Waals surface area contributed by atoms with Gasteiger partial charge in [-0.15, -0.1) is 0 Å². The van der Waals surface area contributed by atoms with Gasteiger partial charge >= 0.3 is 0 Å². The molecular formula is C23H30N4O4. The number of methoxy groups -OCH3 is 1. The minimum Gasteiger partial charge on any atom is -0.507 e. The van der Waals surface area contributed by atoms with Crippen LogP contribution in [0.25, 0.3) is 5.76 Å². The fourth-order valence-corrected chi connectivity index (χ4v) is 4.13. The van der Waals surface area contributed by atoms with Crippen LogP contribution >= 0.6 is 0 Å². The second kappa shape index (κ2) is 8.93. The van der Waals surface area contributed by atoms with E-state index in [-0.39, 0.29) is 11.3 Å². The second-order valence-corrected chi connectivity index (χ2v) is 8.06. The van der Waals surface area contributed by atoms with Crippen LogP contribution in [0, 0.1) is 13.8 Å². The number of aryl methyl sites for hydroxylation is 2. The van der Waals surface area contributed by atoms with E-state index in [4.69, 9.17) is 4.74 Å². The normalized spacial score (nSPS) is 18.3. The Balaban J connectivity index is 2.20. The summed E-state index contributed by atoms with van der Waals surface area (Å²) in [5.74, 6) is -0.957. The van der Waals surface area contributed by atoms with Crippen molar-refractivity contribution in [3.8, 4) is 5.75 Å². The van der Waals surface area contributed by atoms with Gasteiger partial charge in [0.25, 0.3) is 11.7 Å². The molecule has 1 atom stereocenters. The minimum absolute atomic E-state index is 0.0681. The number of ether oxygens (including phenoxy) is 1. The molecule has 0 unspecified atom stereocenters. The van der Waals surface area contributed by atoms with Crippen LogP contribution in [0.4, 0.5) is 0 Å². The first-order valence-electron chi connectivity index (χ1n) is 10.3. The van der Waals surface area contributed by atoms with E-state index < -0.39 is 17.7 Å². The van der Waals surface area contributed by atoms with Gasteiger partial charge < -0.3 is 19.6 Å². The molecule has 1 aliphatic rings. The van der Waals surface area contributed by atoms with Crippen molar-refractivity contribution in [2.75, 3.05) is 34.3 Å². The number of para-hydroxylation sites is 1. The van der Waals surface area contributed by atoms with Crippen molar-refractivity contribution in [1.82, 2.24) is 19.6 Å². The van der Waals surface area contributed by atoms with Gasteiger partial charge in [-0.05, 0) is 47.0 Å². The minimum atomic E-state index is -0.739. The monoisotopic (exact) mass is 426 g/mol. The van der Waals surface area contributed by atoms with E-state index in [1.54, 1.807) is 31.8 Å². The Morgan fingerprint density at radius 1 is 1.23 bits per heavy atom. The summed E-state index contributed by atoms with van der Waals surface area (Å²) in [5.41, 5.74) is 2.52. The van der Waals surface area contributed by atoms with E-state index in [0.717, 1.165) is 6.54 Å². The molecule has 1 aromatic heterocycles. The lowest BCUT2D eigenvalue weighted by molar-refractivity contribution is -0.140. The zero-order chi connectivity index (χ0) is 22.9. The maximum absolute atomic E-state index is 13.2. The molecule has 166 valence electrons. The van der Waals surface area contributed by atoms with Gasteiger partial charge in [0, 0.05) is 24.8 Å². The number of amides is 1. The summed E-state index contributed by atoms with van der Waals surface area (Å²) < 4.78 is 7.17. The molecule has 2 heterocycles. The number of benzene rings is 1. The van der Waals surface area contributed by atoms with Crippen LogP contribution in [0.3, 0.4) is 0 Å². The van der Waals surface area contributed by atoms with Gasteiger partial charge in [-0.25, -0.2) is 0 Å². The summed E-state index contributed by atoms with van der Waals surface area (Å²) in [5, 5.41) is 15.6. The van der Waals surface area contributed by atoms with E-state index in [9.17, 15) is 14.7 Å². The highest BCUT2D eigenvalue weighted by molar-refractivity contribution is 6.46. The Morgan fingerprint density at radius 2 is 1.90 bits per heavy atom. The highest BCUT2D eigenvalue weighted by Crippen LogP contribution is 2.43. The number of likely N-dealkylation sites (tertiary alicyclic amines) is 1. The first-order chi connectivity index (χ1) is 14.7. The smallest absolute Gasteiger partial charge is 0.295 e. The van der Waals surface area contributed by atoms with Gasteiger partial charge in [0.1, 0.15) is 11.5 Å². The molecule has 0 saturated carbocycles. The molecule has 1 saturated heterocycles. The predicted molar refractivity (Wildman–Crippen MR) is 118 cm³/mol. The van der Waals surface area contributed by atoms with E-state index in [1.165, 1.54) is 4.90 Å². The number of aromatic nitrogens is 2. The number of Topliss-reactive ketones (excluding diaryl/α,β-unsaturated/α-hetero) is 1. The van der Waals surface area contributed by atoms with Gasteiger partial charge in [0.2, 0.25) is 0 Å². The van der Waals surface area contributed by atoms with Gasteiger partial charge in [0.05, 0.1) is 30.0 Å². The lowest BCUT2D eigenvalue weighted by Gasteiger charge is -2.27. The molecule has 0 radical (unpaired) electrons. The molecule has 1 fully saturated rings. The summed E-state index contributed by atoms with van der Waals surface area (Å²) >= 11 is 0. The maximum atomic E-state index is 13.2. The molecule has 0 spiro atoms. The number of carbonyl (C=O) groups is 2. The Morgan fingerprint density at radius 3 is 2.48 bits per heavy atom. The number of hydrogen-bond acceptors (Lipinski definition) is 6. The molecule has 1 amide bonds. The van der Waals surface area contributed by atoms with Crippen LogP contribution in [-0.2, 0) is 16.6 Å². The molecular weight excluding hydrogens is 396 g/mol. The van der Waals surface area contributed by atoms with Crippen molar-refractivity contribution in [2.45, 2.75) is 26.3 Å². The van der Waals surface area contributed by atoms with E-state index in [2.05, 4.69) is 5.10 Å². The number of nitrogens with zero attached hydrogens (tertiary/aromatic N) is 4. The Labute approximate surface area is 182 Å².